The molecular formula is C27H29N5O4S2. The Morgan fingerprint density at radius 3 is 2.79 bits per heavy atom. The Morgan fingerprint density at radius 2 is 2.03 bits per heavy atom. The van der Waals surface area contributed by atoms with Crippen molar-refractivity contribution in [1.29, 1.82) is 0 Å². The van der Waals surface area contributed by atoms with Gasteiger partial charge in [-0.1, -0.05) is 18.2 Å². The van der Waals surface area contributed by atoms with Crippen LogP contribution in [0.5, 0.6) is 5.75 Å². The van der Waals surface area contributed by atoms with E-state index in [1.807, 2.05) is 17.0 Å². The van der Waals surface area contributed by atoms with Gasteiger partial charge in [-0.2, -0.15) is 0 Å². The zero-order chi connectivity index (χ0) is 26.9. The fraction of sp³-hybridized carbons (Fsp3) is 0.296. The highest BCUT2D eigenvalue weighted by atomic mass is 32.2. The number of nitrogens with one attached hydrogen (secondary N) is 2. The lowest BCUT2D eigenvalue weighted by Crippen LogP contribution is -2.42. The van der Waals surface area contributed by atoms with Crippen LogP contribution in [0.2, 0.25) is 0 Å². The van der Waals surface area contributed by atoms with Crippen LogP contribution in [0.1, 0.15) is 50.2 Å². The normalized spacial score (nSPS) is 13.6. The van der Waals surface area contributed by atoms with Crippen LogP contribution in [-0.4, -0.2) is 58.5 Å². The number of benzene rings is 1. The minimum atomic E-state index is -0.472. The van der Waals surface area contributed by atoms with E-state index < -0.39 is 5.91 Å². The van der Waals surface area contributed by atoms with Crippen LogP contribution < -0.4 is 15.6 Å². The van der Waals surface area contributed by atoms with E-state index in [1.54, 1.807) is 49.0 Å². The van der Waals surface area contributed by atoms with Crippen LogP contribution in [0.4, 0.5) is 0 Å². The van der Waals surface area contributed by atoms with Crippen LogP contribution in [-0.2, 0) is 11.2 Å². The molecular weight excluding hydrogens is 522 g/mol. The smallest absolute Gasteiger partial charge is 0.289 e. The number of nitrogens with zero attached hydrogens (tertiary/aromatic N) is 3. The quantitative estimate of drug-likeness (QED) is 0.236. The summed E-state index contributed by atoms with van der Waals surface area (Å²) in [7, 11) is 1.56. The molecule has 1 saturated heterocycles. The van der Waals surface area contributed by atoms with Gasteiger partial charge in [0.05, 0.1) is 24.1 Å². The summed E-state index contributed by atoms with van der Waals surface area (Å²) in [5, 5.41) is 3.26. The summed E-state index contributed by atoms with van der Waals surface area (Å²) < 4.78 is 5.17. The van der Waals surface area contributed by atoms with Gasteiger partial charge >= 0.3 is 0 Å². The Hall–Kier alpha value is -3.70. The molecule has 1 aliphatic rings. The second-order valence-corrected chi connectivity index (χ2v) is 10.5. The zero-order valence-electron chi connectivity index (χ0n) is 21.0. The molecule has 1 aliphatic heterocycles. The van der Waals surface area contributed by atoms with E-state index in [-0.39, 0.29) is 29.8 Å². The predicted molar refractivity (Wildman–Crippen MR) is 147 cm³/mol. The van der Waals surface area contributed by atoms with E-state index in [0.717, 1.165) is 23.4 Å². The minimum absolute atomic E-state index is 0.0213. The van der Waals surface area contributed by atoms with Crippen LogP contribution >= 0.6 is 23.1 Å². The molecule has 9 nitrogen and oxygen atoms in total. The number of thiazole rings is 1. The van der Waals surface area contributed by atoms with E-state index in [4.69, 9.17) is 4.74 Å². The molecule has 1 fully saturated rings. The number of methoxy groups -OCH3 is 1. The predicted octanol–water partition coefficient (Wildman–Crippen LogP) is 3.85. The van der Waals surface area contributed by atoms with Crippen molar-refractivity contribution in [3.63, 3.8) is 0 Å². The summed E-state index contributed by atoms with van der Waals surface area (Å²) in [4.78, 5) is 48.6. The van der Waals surface area contributed by atoms with Crippen LogP contribution in [0, 0.1) is 0 Å². The molecule has 2 N–H and O–H groups in total. The SMILES string of the molecule is C=CCSc1ncccc1C(=O)N1CCC(c2nc(C(=O)NNC(=O)Cc3cccc(OC)c3)cs2)CC1. The van der Waals surface area contributed by atoms with Gasteiger partial charge in [-0.05, 0) is 42.7 Å². The van der Waals surface area contributed by atoms with Gasteiger partial charge in [0.25, 0.3) is 11.8 Å². The average molecular weight is 552 g/mol. The number of hydrogen-bond acceptors (Lipinski definition) is 8. The standard InChI is InChI=1S/C27H29N5O4S2/c1-3-14-37-26-21(8-5-11-28-26)27(35)32-12-9-19(10-13-32)25-29-22(17-38-25)24(34)31-30-23(33)16-18-6-4-7-20(15-18)36-2/h3-8,11,15,17,19H,1,9-10,12-14,16H2,2H3,(H,30,33)(H,31,34). The lowest BCUT2D eigenvalue weighted by atomic mass is 9.97. The average Bonchev–Trinajstić information content (AvgIpc) is 3.45. The van der Waals surface area contributed by atoms with Crippen molar-refractivity contribution >= 4 is 40.8 Å². The Morgan fingerprint density at radius 1 is 1.21 bits per heavy atom. The molecule has 3 amide bonds. The molecule has 0 bridgehead atoms. The molecule has 0 aliphatic carbocycles. The number of aromatic nitrogens is 2. The number of pyridine rings is 1. The summed E-state index contributed by atoms with van der Waals surface area (Å²) in [6, 6.07) is 10.8. The van der Waals surface area contributed by atoms with Gasteiger partial charge in [-0.3, -0.25) is 25.2 Å². The summed E-state index contributed by atoms with van der Waals surface area (Å²) in [6.07, 6.45) is 5.10. The summed E-state index contributed by atoms with van der Waals surface area (Å²) in [5.74, 6) is 0.669. The lowest BCUT2D eigenvalue weighted by Gasteiger charge is -2.31. The molecule has 0 atom stereocenters. The molecule has 2 aromatic heterocycles. The molecule has 198 valence electrons. The molecule has 0 spiro atoms. The molecule has 0 unspecified atom stereocenters. The molecule has 11 heteroatoms. The Labute approximate surface area is 229 Å². The highest BCUT2D eigenvalue weighted by Gasteiger charge is 2.28. The topological polar surface area (TPSA) is 114 Å². The number of hydrazine groups is 1. The number of piperidine rings is 1. The Bertz CT molecular complexity index is 1300. The van der Waals surface area contributed by atoms with Gasteiger partial charge in [0, 0.05) is 36.3 Å². The summed E-state index contributed by atoms with van der Waals surface area (Å²) in [5.41, 5.74) is 6.50. The lowest BCUT2D eigenvalue weighted by molar-refractivity contribution is -0.121. The Kier molecular flexibility index (Phi) is 9.50. The first-order valence-electron chi connectivity index (χ1n) is 12.1. The van der Waals surface area contributed by atoms with E-state index in [9.17, 15) is 14.4 Å². The maximum atomic E-state index is 13.1. The molecule has 3 heterocycles. The molecule has 3 aromatic rings. The fourth-order valence-corrected chi connectivity index (χ4v) is 5.78. The highest BCUT2D eigenvalue weighted by molar-refractivity contribution is 7.99. The molecule has 0 radical (unpaired) electrons. The maximum Gasteiger partial charge on any atom is 0.289 e. The van der Waals surface area contributed by atoms with Gasteiger partial charge in [0.15, 0.2) is 0 Å². The summed E-state index contributed by atoms with van der Waals surface area (Å²) in [6.45, 7) is 4.94. The number of likely N-dealkylation sites (tertiary alicyclic amines) is 1. The third kappa shape index (κ3) is 6.99. The largest absolute Gasteiger partial charge is 0.497 e. The zero-order valence-corrected chi connectivity index (χ0v) is 22.6. The number of hydrogen-bond donors (Lipinski definition) is 2. The summed E-state index contributed by atoms with van der Waals surface area (Å²) >= 11 is 2.91. The third-order valence-electron chi connectivity index (χ3n) is 6.04. The van der Waals surface area contributed by atoms with E-state index in [0.29, 0.717) is 35.2 Å². The first-order chi connectivity index (χ1) is 18.5. The first kappa shape index (κ1) is 27.3. The third-order valence-corrected chi connectivity index (χ3v) is 8.05. The van der Waals surface area contributed by atoms with Gasteiger partial charge in [0.2, 0.25) is 5.91 Å². The van der Waals surface area contributed by atoms with Crippen molar-refractivity contribution in [3.8, 4) is 5.75 Å². The van der Waals surface area contributed by atoms with Crippen LogP contribution in [0.25, 0.3) is 0 Å². The monoisotopic (exact) mass is 551 g/mol. The Balaban J connectivity index is 1.27. The number of ether oxygens (including phenoxy) is 1. The van der Waals surface area contributed by atoms with Crippen molar-refractivity contribution in [3.05, 3.63) is 82.5 Å². The van der Waals surface area contributed by atoms with Gasteiger partial charge in [-0.15, -0.1) is 29.7 Å². The van der Waals surface area contributed by atoms with Gasteiger partial charge < -0.3 is 9.64 Å². The highest BCUT2D eigenvalue weighted by Crippen LogP contribution is 2.31. The minimum Gasteiger partial charge on any atom is -0.497 e. The van der Waals surface area contributed by atoms with E-state index in [1.165, 1.54) is 23.1 Å². The number of amides is 3. The van der Waals surface area contributed by atoms with Gasteiger partial charge in [0.1, 0.15) is 16.5 Å². The van der Waals surface area contributed by atoms with Crippen LogP contribution in [0.3, 0.4) is 0 Å². The van der Waals surface area contributed by atoms with Crippen molar-refractivity contribution in [2.24, 2.45) is 0 Å². The number of carbonyl (C=O) groups excluding carboxylic acids is 3. The van der Waals surface area contributed by atoms with E-state index >= 15 is 0 Å². The second-order valence-electron chi connectivity index (χ2n) is 8.62. The maximum absolute atomic E-state index is 13.1. The van der Waals surface area contributed by atoms with Crippen LogP contribution in [0.15, 0.2) is 65.7 Å². The van der Waals surface area contributed by atoms with E-state index in [2.05, 4.69) is 27.4 Å². The number of carbonyl (C=O) groups is 3. The van der Waals surface area contributed by atoms with Crippen molar-refractivity contribution in [1.82, 2.24) is 25.7 Å². The van der Waals surface area contributed by atoms with Gasteiger partial charge in [-0.25, -0.2) is 9.97 Å². The molecule has 0 saturated carbocycles. The van der Waals surface area contributed by atoms with Crippen molar-refractivity contribution in [2.75, 3.05) is 26.0 Å². The van der Waals surface area contributed by atoms with Crippen molar-refractivity contribution < 1.29 is 19.1 Å². The first-order valence-corrected chi connectivity index (χ1v) is 14.0. The number of thioether (sulfide) groups is 1. The van der Waals surface area contributed by atoms with Crippen molar-refractivity contribution in [2.45, 2.75) is 30.2 Å². The molecule has 1 aromatic carbocycles. The molecule has 38 heavy (non-hydrogen) atoms. The number of rotatable bonds is 9. The molecule has 4 rings (SSSR count). The fourth-order valence-electron chi connectivity index (χ4n) is 4.09. The second kappa shape index (κ2) is 13.2.